The maximum absolute atomic E-state index is 13.7. The summed E-state index contributed by atoms with van der Waals surface area (Å²) in [7, 11) is 1.32. The summed E-state index contributed by atoms with van der Waals surface area (Å²) in [5.41, 5.74) is 4.51. The molecule has 5 rings (SSSR count). The van der Waals surface area contributed by atoms with Gasteiger partial charge in [-0.15, -0.1) is 0 Å². The number of amides is 1. The number of ether oxygens (including phenoxy) is 1. The molecule has 1 aliphatic rings. The lowest BCUT2D eigenvalue weighted by atomic mass is 9.96. The van der Waals surface area contributed by atoms with Crippen LogP contribution in [0.25, 0.3) is 11.0 Å². The lowest BCUT2D eigenvalue weighted by Crippen LogP contribution is -2.29. The van der Waals surface area contributed by atoms with Crippen molar-refractivity contribution in [2.45, 2.75) is 26.4 Å². The summed E-state index contributed by atoms with van der Waals surface area (Å²) >= 11 is 0. The minimum absolute atomic E-state index is 0.0683. The first-order chi connectivity index (χ1) is 16.4. The van der Waals surface area contributed by atoms with Crippen LogP contribution in [0.15, 0.2) is 75.9 Å². The van der Waals surface area contributed by atoms with E-state index in [1.165, 1.54) is 7.11 Å². The molecule has 1 aliphatic heterocycles. The SMILES string of the molecule is COC(=O)c1ccc(C2c3c(oc4cc(C)c(C)cc4c3=O)C(=O)N2Cc2ccccc2)cc1. The monoisotopic (exact) mass is 453 g/mol. The molecule has 0 saturated carbocycles. The number of nitrogens with zero attached hydrogens (tertiary/aromatic N) is 1. The fourth-order valence-corrected chi connectivity index (χ4v) is 4.48. The van der Waals surface area contributed by atoms with Gasteiger partial charge in [0.25, 0.3) is 5.91 Å². The molecule has 0 fully saturated rings. The van der Waals surface area contributed by atoms with Crippen LogP contribution in [0.4, 0.5) is 0 Å². The van der Waals surface area contributed by atoms with Crippen LogP contribution < -0.4 is 5.43 Å². The number of esters is 1. The number of fused-ring (bicyclic) bond motifs is 2. The van der Waals surface area contributed by atoms with E-state index in [0.717, 1.165) is 16.7 Å². The standard InChI is InChI=1S/C28H23NO5/c1-16-13-21-22(14-17(16)2)34-26-23(25(21)30)24(19-9-11-20(12-10-19)28(32)33-3)29(27(26)31)15-18-7-5-4-6-8-18/h4-14,24H,15H2,1-3H3. The van der Waals surface area contributed by atoms with E-state index >= 15 is 0 Å². The van der Waals surface area contributed by atoms with Gasteiger partial charge >= 0.3 is 5.97 Å². The third-order valence-corrected chi connectivity index (χ3v) is 6.43. The molecule has 1 unspecified atom stereocenters. The summed E-state index contributed by atoms with van der Waals surface area (Å²) in [6, 6.07) is 19.4. The lowest BCUT2D eigenvalue weighted by molar-refractivity contribution is 0.0599. The van der Waals surface area contributed by atoms with Crippen LogP contribution in [-0.4, -0.2) is 23.9 Å². The minimum Gasteiger partial charge on any atom is -0.465 e. The highest BCUT2D eigenvalue weighted by Gasteiger charge is 2.42. The number of methoxy groups -OCH3 is 1. The van der Waals surface area contributed by atoms with E-state index in [2.05, 4.69) is 0 Å². The molecule has 0 bridgehead atoms. The summed E-state index contributed by atoms with van der Waals surface area (Å²) in [6.07, 6.45) is 0. The zero-order chi connectivity index (χ0) is 24.0. The first kappa shape index (κ1) is 21.6. The van der Waals surface area contributed by atoms with Crippen LogP contribution in [0.2, 0.25) is 0 Å². The highest BCUT2D eigenvalue weighted by atomic mass is 16.5. The predicted octanol–water partition coefficient (Wildman–Crippen LogP) is 4.94. The minimum atomic E-state index is -0.642. The smallest absolute Gasteiger partial charge is 0.337 e. The normalized spacial score (nSPS) is 15.0. The molecule has 0 N–H and O–H groups in total. The molecule has 3 aromatic carbocycles. The van der Waals surface area contributed by atoms with Gasteiger partial charge in [0.15, 0.2) is 5.43 Å². The molecular formula is C28H23NO5. The molecule has 6 heteroatoms. The third-order valence-electron chi connectivity index (χ3n) is 6.43. The second kappa shape index (κ2) is 8.30. The van der Waals surface area contributed by atoms with E-state index in [1.807, 2.05) is 50.2 Å². The summed E-state index contributed by atoms with van der Waals surface area (Å²) in [4.78, 5) is 40.9. The van der Waals surface area contributed by atoms with Gasteiger partial charge in [-0.05, 0) is 60.4 Å². The Morgan fingerprint density at radius 3 is 2.32 bits per heavy atom. The number of aryl methyl sites for hydroxylation is 2. The lowest BCUT2D eigenvalue weighted by Gasteiger charge is -2.25. The molecule has 0 radical (unpaired) electrons. The van der Waals surface area contributed by atoms with Gasteiger partial charge in [-0.2, -0.15) is 0 Å². The molecule has 1 amide bonds. The topological polar surface area (TPSA) is 76.8 Å². The van der Waals surface area contributed by atoms with Crippen LogP contribution in [-0.2, 0) is 11.3 Å². The van der Waals surface area contributed by atoms with E-state index in [-0.39, 0.29) is 17.1 Å². The molecule has 0 saturated heterocycles. The van der Waals surface area contributed by atoms with Crippen molar-refractivity contribution in [1.29, 1.82) is 0 Å². The van der Waals surface area contributed by atoms with Crippen molar-refractivity contribution in [2.24, 2.45) is 0 Å². The molecule has 170 valence electrons. The summed E-state index contributed by atoms with van der Waals surface area (Å²) in [5, 5.41) is 0.451. The van der Waals surface area contributed by atoms with Crippen molar-refractivity contribution in [3.8, 4) is 0 Å². The summed E-state index contributed by atoms with van der Waals surface area (Å²) < 4.78 is 10.9. The Kier molecular flexibility index (Phi) is 5.28. The average molecular weight is 453 g/mol. The first-order valence-electron chi connectivity index (χ1n) is 11.0. The molecular weight excluding hydrogens is 430 g/mol. The van der Waals surface area contributed by atoms with Crippen molar-refractivity contribution in [1.82, 2.24) is 4.90 Å². The predicted molar refractivity (Wildman–Crippen MR) is 128 cm³/mol. The van der Waals surface area contributed by atoms with E-state index in [4.69, 9.17) is 9.15 Å². The number of benzene rings is 3. The number of carbonyl (C=O) groups is 2. The summed E-state index contributed by atoms with van der Waals surface area (Å²) in [6.45, 7) is 4.19. The maximum atomic E-state index is 13.7. The Hall–Kier alpha value is -4.19. The van der Waals surface area contributed by atoms with E-state index in [9.17, 15) is 14.4 Å². The van der Waals surface area contributed by atoms with Crippen LogP contribution >= 0.6 is 0 Å². The molecule has 2 heterocycles. The van der Waals surface area contributed by atoms with Gasteiger partial charge < -0.3 is 14.1 Å². The van der Waals surface area contributed by atoms with Crippen molar-refractivity contribution in [3.63, 3.8) is 0 Å². The number of hydrogen-bond donors (Lipinski definition) is 0. The Bertz CT molecular complexity index is 1490. The zero-order valence-corrected chi connectivity index (χ0v) is 19.1. The van der Waals surface area contributed by atoms with E-state index < -0.39 is 12.0 Å². The van der Waals surface area contributed by atoms with E-state index in [1.54, 1.807) is 35.2 Å². The van der Waals surface area contributed by atoms with Gasteiger partial charge in [-0.3, -0.25) is 9.59 Å². The van der Waals surface area contributed by atoms with Gasteiger partial charge in [-0.25, -0.2) is 4.79 Å². The second-order valence-corrected chi connectivity index (χ2v) is 8.54. The Balaban J connectivity index is 1.71. The average Bonchev–Trinajstić information content (AvgIpc) is 3.12. The summed E-state index contributed by atoms with van der Waals surface area (Å²) in [5.74, 6) is -0.719. The number of rotatable bonds is 4. The molecule has 0 aliphatic carbocycles. The zero-order valence-electron chi connectivity index (χ0n) is 19.1. The van der Waals surface area contributed by atoms with Crippen molar-refractivity contribution < 1.29 is 18.7 Å². The quantitative estimate of drug-likeness (QED) is 0.409. The van der Waals surface area contributed by atoms with Crippen molar-refractivity contribution in [2.75, 3.05) is 7.11 Å². The number of hydrogen-bond acceptors (Lipinski definition) is 5. The molecule has 1 atom stereocenters. The second-order valence-electron chi connectivity index (χ2n) is 8.54. The van der Waals surface area contributed by atoms with Gasteiger partial charge in [-0.1, -0.05) is 42.5 Å². The van der Waals surface area contributed by atoms with Crippen molar-refractivity contribution in [3.05, 3.63) is 116 Å². The Morgan fingerprint density at radius 1 is 0.971 bits per heavy atom. The van der Waals surface area contributed by atoms with Gasteiger partial charge in [0, 0.05) is 6.54 Å². The fraction of sp³-hybridized carbons (Fsp3) is 0.179. The largest absolute Gasteiger partial charge is 0.465 e. The van der Waals surface area contributed by atoms with E-state index in [0.29, 0.717) is 34.2 Å². The molecule has 6 nitrogen and oxygen atoms in total. The Labute approximate surface area is 196 Å². The highest BCUT2D eigenvalue weighted by molar-refractivity contribution is 5.99. The fourth-order valence-electron chi connectivity index (χ4n) is 4.48. The van der Waals surface area contributed by atoms with Crippen LogP contribution in [0.1, 0.15) is 54.8 Å². The maximum Gasteiger partial charge on any atom is 0.337 e. The van der Waals surface area contributed by atoms with Gasteiger partial charge in [0.2, 0.25) is 5.76 Å². The first-order valence-corrected chi connectivity index (χ1v) is 11.0. The van der Waals surface area contributed by atoms with Crippen LogP contribution in [0.3, 0.4) is 0 Å². The van der Waals surface area contributed by atoms with Crippen LogP contribution in [0.5, 0.6) is 0 Å². The molecule has 34 heavy (non-hydrogen) atoms. The molecule has 4 aromatic rings. The van der Waals surface area contributed by atoms with Gasteiger partial charge in [0.1, 0.15) is 5.58 Å². The van der Waals surface area contributed by atoms with Crippen LogP contribution in [0, 0.1) is 13.8 Å². The third kappa shape index (κ3) is 3.48. The molecule has 1 aromatic heterocycles. The number of carbonyl (C=O) groups excluding carboxylic acids is 2. The van der Waals surface area contributed by atoms with Crippen molar-refractivity contribution >= 4 is 22.8 Å². The Morgan fingerprint density at radius 2 is 1.65 bits per heavy atom. The van der Waals surface area contributed by atoms with Gasteiger partial charge in [0.05, 0.1) is 29.7 Å². The highest BCUT2D eigenvalue weighted by Crippen LogP contribution is 2.39. The molecule has 0 spiro atoms.